The van der Waals surface area contributed by atoms with E-state index in [0.29, 0.717) is 6.42 Å². The Labute approximate surface area is 155 Å². The largest absolute Gasteiger partial charge is 1.00 e. The molecule has 2 N–H and O–H groups in total. The van der Waals surface area contributed by atoms with Gasteiger partial charge in [-0.2, -0.15) is 0 Å². The van der Waals surface area contributed by atoms with Crippen molar-refractivity contribution in [2.24, 2.45) is 4.99 Å². The molecular weight excluding hydrogens is 277 g/mol. The van der Waals surface area contributed by atoms with Crippen LogP contribution in [0.25, 0.3) is 0 Å². The number of nitrogens with zero attached hydrogens (tertiary/aromatic N) is 1. The Kier molecular flexibility index (Phi) is 14.2. The van der Waals surface area contributed by atoms with Gasteiger partial charge in [0.1, 0.15) is 6.04 Å². The number of aliphatic carboxylic acids is 2. The first-order valence-electron chi connectivity index (χ1n) is 5.80. The number of rotatable bonds is 9. The topological polar surface area (TPSA) is 110 Å². The third-order valence-electron chi connectivity index (χ3n) is 2.14. The summed E-state index contributed by atoms with van der Waals surface area (Å²) in [5.41, 5.74) is 0. The van der Waals surface area contributed by atoms with E-state index in [9.17, 15) is 14.7 Å². The fourth-order valence-electron chi connectivity index (χ4n) is 1.23. The first-order chi connectivity index (χ1) is 8.47. The molecule has 1 atom stereocenters. The van der Waals surface area contributed by atoms with Gasteiger partial charge in [-0.25, -0.2) is 4.79 Å². The van der Waals surface area contributed by atoms with Crippen molar-refractivity contribution < 1.29 is 76.3 Å². The second-order valence-corrected chi connectivity index (χ2v) is 3.73. The molecule has 0 aliphatic carbocycles. The molecule has 0 saturated heterocycles. The van der Waals surface area contributed by atoms with Crippen LogP contribution in [0.15, 0.2) is 17.1 Å². The van der Waals surface area contributed by atoms with Crippen LogP contribution in [0.3, 0.4) is 0 Å². The van der Waals surface area contributed by atoms with Crippen molar-refractivity contribution in [1.82, 2.24) is 0 Å². The van der Waals surface area contributed by atoms with Gasteiger partial charge in [-0.15, -0.1) is 0 Å². The van der Waals surface area contributed by atoms with E-state index in [4.69, 9.17) is 10.2 Å². The smallest absolute Gasteiger partial charge is 0.862 e. The molecule has 7 heteroatoms. The molecule has 0 amide bonds. The Morgan fingerprint density at radius 1 is 1.26 bits per heavy atom. The summed E-state index contributed by atoms with van der Waals surface area (Å²) in [5.74, 6) is -2.88. The Morgan fingerprint density at radius 3 is 2.37 bits per heavy atom. The number of carboxylic acid groups (broad SMARTS) is 2. The SMILES string of the molecule is CC/C=C/CCC([O-])=N[C@@H](CCC(=O)O)C(=O)O.[K+]. The summed E-state index contributed by atoms with van der Waals surface area (Å²) in [6.07, 6.45) is 4.80. The van der Waals surface area contributed by atoms with Gasteiger partial charge in [-0.1, -0.05) is 19.1 Å². The standard InChI is InChI=1S/C12H19NO5.K/c1-2-3-4-5-6-10(14)13-9(12(17)18)7-8-11(15)16;/h3-4,9H,2,5-8H2,1H3,(H,13,14)(H,15,16)(H,17,18);/q;+1/p-1/b4-3+;/t9-;/m0./s1. The van der Waals surface area contributed by atoms with Crippen molar-refractivity contribution >= 4 is 17.8 Å². The minimum atomic E-state index is -1.27. The van der Waals surface area contributed by atoms with Gasteiger partial charge in [0.15, 0.2) is 0 Å². The van der Waals surface area contributed by atoms with Crippen LogP contribution >= 0.6 is 0 Å². The van der Waals surface area contributed by atoms with E-state index < -0.39 is 23.9 Å². The summed E-state index contributed by atoms with van der Waals surface area (Å²) < 4.78 is 0. The molecule has 0 rings (SSSR count). The summed E-state index contributed by atoms with van der Waals surface area (Å²) in [4.78, 5) is 24.6. The van der Waals surface area contributed by atoms with Crippen molar-refractivity contribution in [3.8, 4) is 0 Å². The van der Waals surface area contributed by atoms with E-state index in [1.807, 2.05) is 19.1 Å². The van der Waals surface area contributed by atoms with Gasteiger partial charge in [0, 0.05) is 6.42 Å². The minimum Gasteiger partial charge on any atom is -0.862 e. The maximum absolute atomic E-state index is 11.4. The maximum Gasteiger partial charge on any atom is 1.00 e. The van der Waals surface area contributed by atoms with Crippen molar-refractivity contribution in [3.63, 3.8) is 0 Å². The molecule has 0 aromatic carbocycles. The summed E-state index contributed by atoms with van der Waals surface area (Å²) in [7, 11) is 0. The van der Waals surface area contributed by atoms with Gasteiger partial charge in [0.2, 0.25) is 0 Å². The van der Waals surface area contributed by atoms with Crippen molar-refractivity contribution in [2.45, 2.75) is 45.1 Å². The van der Waals surface area contributed by atoms with Crippen LogP contribution in [0, 0.1) is 0 Å². The number of aliphatic imine (C=N–C) groups is 1. The monoisotopic (exact) mass is 295 g/mol. The molecule has 0 aromatic rings. The molecule has 0 aliphatic heterocycles. The predicted molar refractivity (Wildman–Crippen MR) is 64.4 cm³/mol. The molecule has 0 saturated carbocycles. The molecule has 0 bridgehead atoms. The molecule has 0 radical (unpaired) electrons. The summed E-state index contributed by atoms with van der Waals surface area (Å²) in [6.45, 7) is 1.97. The quantitative estimate of drug-likeness (QED) is 0.217. The third-order valence-corrected chi connectivity index (χ3v) is 2.14. The Morgan fingerprint density at radius 2 is 1.89 bits per heavy atom. The van der Waals surface area contributed by atoms with Crippen LogP contribution < -0.4 is 56.5 Å². The summed E-state index contributed by atoms with van der Waals surface area (Å²) in [6, 6.07) is -1.26. The van der Waals surface area contributed by atoms with Crippen molar-refractivity contribution in [3.05, 3.63) is 12.2 Å². The fourth-order valence-corrected chi connectivity index (χ4v) is 1.23. The summed E-state index contributed by atoms with van der Waals surface area (Å²) in [5, 5.41) is 28.6. The van der Waals surface area contributed by atoms with Crippen molar-refractivity contribution in [1.29, 1.82) is 0 Å². The fraction of sp³-hybridized carbons (Fsp3) is 0.583. The van der Waals surface area contributed by atoms with Crippen LogP contribution in [0.2, 0.25) is 0 Å². The Hall–Kier alpha value is -0.214. The average Bonchev–Trinajstić information content (AvgIpc) is 2.29. The first kappa shape index (κ1) is 21.1. The predicted octanol–water partition coefficient (Wildman–Crippen LogP) is -2.19. The van der Waals surface area contributed by atoms with Crippen molar-refractivity contribution in [2.75, 3.05) is 0 Å². The van der Waals surface area contributed by atoms with E-state index in [1.54, 1.807) is 0 Å². The number of allylic oxidation sites excluding steroid dienone is 2. The second-order valence-electron chi connectivity index (χ2n) is 3.73. The molecule has 6 nitrogen and oxygen atoms in total. The van der Waals surface area contributed by atoms with E-state index in [-0.39, 0.29) is 70.6 Å². The zero-order chi connectivity index (χ0) is 14.0. The minimum absolute atomic E-state index is 0. The van der Waals surface area contributed by atoms with Gasteiger partial charge in [0.25, 0.3) is 0 Å². The molecule has 0 unspecified atom stereocenters. The number of carbonyl (C=O) groups is 2. The van der Waals surface area contributed by atoms with Gasteiger partial charge in [-0.3, -0.25) is 9.79 Å². The molecule has 0 aromatic heterocycles. The molecule has 102 valence electrons. The maximum atomic E-state index is 11.4. The normalized spacial score (nSPS) is 13.0. The molecule has 0 spiro atoms. The Bertz CT molecular complexity index is 341. The first-order valence-corrected chi connectivity index (χ1v) is 5.80. The van der Waals surface area contributed by atoms with Crippen LogP contribution in [0.5, 0.6) is 0 Å². The van der Waals surface area contributed by atoms with Crippen LogP contribution in [-0.4, -0.2) is 34.1 Å². The van der Waals surface area contributed by atoms with E-state index in [1.165, 1.54) is 0 Å². The second kappa shape index (κ2) is 12.8. The van der Waals surface area contributed by atoms with Crippen LogP contribution in [0.4, 0.5) is 0 Å². The number of carboxylic acids is 2. The van der Waals surface area contributed by atoms with E-state index in [0.717, 1.165) is 6.42 Å². The zero-order valence-electron chi connectivity index (χ0n) is 11.3. The Balaban J connectivity index is 0. The molecular formula is C12H18KNO5. The molecule has 0 fully saturated rings. The molecule has 19 heavy (non-hydrogen) atoms. The van der Waals surface area contributed by atoms with Gasteiger partial charge >= 0.3 is 63.3 Å². The van der Waals surface area contributed by atoms with Gasteiger partial charge in [-0.05, 0) is 31.6 Å². The number of hydrogen-bond donors (Lipinski definition) is 2. The van der Waals surface area contributed by atoms with Gasteiger partial charge < -0.3 is 15.3 Å². The molecule has 0 heterocycles. The van der Waals surface area contributed by atoms with Crippen LogP contribution in [0.1, 0.15) is 39.0 Å². The van der Waals surface area contributed by atoms with E-state index in [2.05, 4.69) is 4.99 Å². The summed E-state index contributed by atoms with van der Waals surface area (Å²) >= 11 is 0. The van der Waals surface area contributed by atoms with Gasteiger partial charge in [0.05, 0.1) is 0 Å². The number of hydrogen-bond acceptors (Lipinski definition) is 4. The zero-order valence-corrected chi connectivity index (χ0v) is 14.5. The average molecular weight is 295 g/mol. The molecule has 0 aliphatic rings. The third kappa shape index (κ3) is 12.6. The van der Waals surface area contributed by atoms with E-state index >= 15 is 0 Å². The van der Waals surface area contributed by atoms with Crippen LogP contribution in [-0.2, 0) is 9.59 Å².